The standard InChI is InChI=1S/C25H18N6O3S/c1-16-7-11-19(12-8-16)27-28-23-22(18-9-13-20(14-10-18)31(33)34)29-30(24(23)32)25-26-21(15-35-25)17-5-3-2-4-6-17/h2-15,29H,1H3. The molecule has 0 fully saturated rings. The summed E-state index contributed by atoms with van der Waals surface area (Å²) in [6, 6.07) is 23.0. The van der Waals surface area contributed by atoms with Gasteiger partial charge in [0.2, 0.25) is 5.13 Å². The van der Waals surface area contributed by atoms with Crippen LogP contribution in [0.1, 0.15) is 5.56 Å². The first kappa shape index (κ1) is 22.1. The number of H-pyrrole nitrogens is 1. The lowest BCUT2D eigenvalue weighted by atomic mass is 10.1. The van der Waals surface area contributed by atoms with Gasteiger partial charge in [-0.1, -0.05) is 48.0 Å². The molecule has 0 saturated carbocycles. The number of hydrogen-bond donors (Lipinski definition) is 1. The second-order valence-electron chi connectivity index (χ2n) is 7.70. The predicted molar refractivity (Wildman–Crippen MR) is 135 cm³/mol. The van der Waals surface area contributed by atoms with Crippen molar-refractivity contribution in [2.45, 2.75) is 6.92 Å². The van der Waals surface area contributed by atoms with E-state index in [2.05, 4.69) is 20.3 Å². The fourth-order valence-electron chi connectivity index (χ4n) is 3.43. The molecule has 0 aliphatic rings. The van der Waals surface area contributed by atoms with Gasteiger partial charge >= 0.3 is 5.56 Å². The van der Waals surface area contributed by atoms with Crippen LogP contribution in [-0.4, -0.2) is 19.7 Å². The zero-order valence-corrected chi connectivity index (χ0v) is 19.3. The third-order valence-corrected chi connectivity index (χ3v) is 6.11. The third kappa shape index (κ3) is 4.55. The van der Waals surface area contributed by atoms with Gasteiger partial charge in [0.1, 0.15) is 0 Å². The number of benzene rings is 3. The number of nitrogens with zero attached hydrogens (tertiary/aromatic N) is 5. The van der Waals surface area contributed by atoms with Crippen LogP contribution in [-0.2, 0) is 0 Å². The Morgan fingerprint density at radius 2 is 1.66 bits per heavy atom. The van der Waals surface area contributed by atoms with E-state index in [9.17, 15) is 14.9 Å². The van der Waals surface area contributed by atoms with E-state index < -0.39 is 10.5 Å². The summed E-state index contributed by atoms with van der Waals surface area (Å²) in [5, 5.41) is 24.9. The Labute approximate surface area is 203 Å². The Balaban J connectivity index is 1.60. The summed E-state index contributed by atoms with van der Waals surface area (Å²) < 4.78 is 1.32. The van der Waals surface area contributed by atoms with Crippen LogP contribution < -0.4 is 5.56 Å². The van der Waals surface area contributed by atoms with Crippen molar-refractivity contribution in [2.75, 3.05) is 0 Å². The minimum absolute atomic E-state index is 0.0502. The van der Waals surface area contributed by atoms with E-state index in [1.165, 1.54) is 28.2 Å². The first-order valence-electron chi connectivity index (χ1n) is 10.6. The molecular weight excluding hydrogens is 464 g/mol. The second kappa shape index (κ2) is 9.27. The van der Waals surface area contributed by atoms with Crippen LogP contribution >= 0.6 is 11.3 Å². The number of thiazole rings is 1. The van der Waals surface area contributed by atoms with Crippen LogP contribution in [0, 0.1) is 17.0 Å². The molecule has 2 aromatic heterocycles. The van der Waals surface area contributed by atoms with Gasteiger partial charge in [0, 0.05) is 28.6 Å². The van der Waals surface area contributed by atoms with E-state index in [0.717, 1.165) is 16.8 Å². The highest BCUT2D eigenvalue weighted by atomic mass is 32.1. The molecule has 3 aromatic carbocycles. The predicted octanol–water partition coefficient (Wildman–Crippen LogP) is 6.59. The van der Waals surface area contributed by atoms with Crippen molar-refractivity contribution in [3.05, 3.63) is 110 Å². The quantitative estimate of drug-likeness (QED) is 0.167. The molecule has 0 aliphatic heterocycles. The largest absolute Gasteiger partial charge is 0.301 e. The maximum absolute atomic E-state index is 13.4. The number of aryl methyl sites for hydroxylation is 1. The van der Waals surface area contributed by atoms with Crippen molar-refractivity contribution < 1.29 is 4.92 Å². The molecule has 5 aromatic rings. The number of aromatic nitrogens is 3. The van der Waals surface area contributed by atoms with Crippen LogP contribution in [0.5, 0.6) is 0 Å². The lowest BCUT2D eigenvalue weighted by Gasteiger charge is -2.00. The Kier molecular flexibility index (Phi) is 5.86. The van der Waals surface area contributed by atoms with E-state index in [1.54, 1.807) is 12.1 Å². The van der Waals surface area contributed by atoms with Crippen molar-refractivity contribution in [2.24, 2.45) is 10.2 Å². The molecule has 0 atom stereocenters. The first-order chi connectivity index (χ1) is 17.0. The van der Waals surface area contributed by atoms with Crippen molar-refractivity contribution in [1.82, 2.24) is 14.8 Å². The lowest BCUT2D eigenvalue weighted by molar-refractivity contribution is -0.384. The van der Waals surface area contributed by atoms with Gasteiger partial charge in [-0.05, 0) is 31.2 Å². The van der Waals surface area contributed by atoms with Gasteiger partial charge in [-0.25, -0.2) is 4.98 Å². The number of azo groups is 1. The lowest BCUT2D eigenvalue weighted by Crippen LogP contribution is -2.13. The number of hydrogen-bond acceptors (Lipinski definition) is 7. The summed E-state index contributed by atoms with van der Waals surface area (Å²) >= 11 is 1.31. The maximum Gasteiger partial charge on any atom is 0.301 e. The molecule has 1 N–H and O–H groups in total. The van der Waals surface area contributed by atoms with E-state index in [0.29, 0.717) is 22.1 Å². The number of nitrogens with one attached hydrogen (secondary N) is 1. The highest BCUT2D eigenvalue weighted by Crippen LogP contribution is 2.31. The molecule has 172 valence electrons. The van der Waals surface area contributed by atoms with Crippen molar-refractivity contribution in [3.8, 4) is 27.6 Å². The van der Waals surface area contributed by atoms with Gasteiger partial charge in [0.05, 0.1) is 22.0 Å². The second-order valence-corrected chi connectivity index (χ2v) is 8.53. The summed E-state index contributed by atoms with van der Waals surface area (Å²) in [5.74, 6) is 0. The number of non-ortho nitro benzene ring substituents is 1. The molecule has 10 heteroatoms. The number of nitro benzene ring substituents is 1. The molecule has 35 heavy (non-hydrogen) atoms. The number of nitro groups is 1. The van der Waals surface area contributed by atoms with Gasteiger partial charge in [-0.2, -0.15) is 9.80 Å². The van der Waals surface area contributed by atoms with Gasteiger partial charge < -0.3 is 0 Å². The Bertz CT molecular complexity index is 1580. The van der Waals surface area contributed by atoms with E-state index >= 15 is 0 Å². The van der Waals surface area contributed by atoms with E-state index in [4.69, 9.17) is 0 Å². The summed E-state index contributed by atoms with van der Waals surface area (Å²) in [5.41, 5.74) is 3.90. The maximum atomic E-state index is 13.4. The van der Waals surface area contributed by atoms with E-state index in [-0.39, 0.29) is 11.4 Å². The SMILES string of the molecule is Cc1ccc(N=Nc2c(-c3ccc([N+](=O)[O-])cc3)[nH]n(-c3nc(-c4ccccc4)cs3)c2=O)cc1. The van der Waals surface area contributed by atoms with Gasteiger partial charge in [-0.15, -0.1) is 16.5 Å². The van der Waals surface area contributed by atoms with E-state index in [1.807, 2.05) is 66.9 Å². The molecule has 9 nitrogen and oxygen atoms in total. The van der Waals surface area contributed by atoms with Crippen LogP contribution in [0.2, 0.25) is 0 Å². The molecule has 2 heterocycles. The van der Waals surface area contributed by atoms with Crippen molar-refractivity contribution in [1.29, 1.82) is 0 Å². The van der Waals surface area contributed by atoms with Gasteiger partial charge in [-0.3, -0.25) is 20.0 Å². The molecule has 0 saturated heterocycles. The van der Waals surface area contributed by atoms with Gasteiger partial charge in [0.25, 0.3) is 5.69 Å². The Morgan fingerprint density at radius 3 is 2.34 bits per heavy atom. The fourth-order valence-corrected chi connectivity index (χ4v) is 4.23. The molecule has 0 amide bonds. The summed E-state index contributed by atoms with van der Waals surface area (Å²) in [4.78, 5) is 28.6. The summed E-state index contributed by atoms with van der Waals surface area (Å²) in [6.45, 7) is 1.97. The average molecular weight is 483 g/mol. The highest BCUT2D eigenvalue weighted by Gasteiger charge is 2.20. The molecule has 0 unspecified atom stereocenters. The smallest absolute Gasteiger partial charge is 0.286 e. The van der Waals surface area contributed by atoms with Crippen LogP contribution in [0.25, 0.3) is 27.6 Å². The van der Waals surface area contributed by atoms with Crippen LogP contribution in [0.4, 0.5) is 17.1 Å². The topological polar surface area (TPSA) is 119 Å². The Morgan fingerprint density at radius 1 is 0.943 bits per heavy atom. The normalized spacial score (nSPS) is 11.2. The zero-order chi connectivity index (χ0) is 24.4. The molecule has 0 bridgehead atoms. The Hall–Kier alpha value is -4.70. The van der Waals surface area contributed by atoms with Crippen LogP contribution in [0.3, 0.4) is 0 Å². The minimum atomic E-state index is -0.476. The highest BCUT2D eigenvalue weighted by molar-refractivity contribution is 7.12. The first-order valence-corrected chi connectivity index (χ1v) is 11.5. The van der Waals surface area contributed by atoms with Crippen molar-refractivity contribution in [3.63, 3.8) is 0 Å². The minimum Gasteiger partial charge on any atom is -0.286 e. The molecular formula is C25H18N6O3S. The van der Waals surface area contributed by atoms with Crippen molar-refractivity contribution >= 4 is 28.4 Å². The molecule has 5 rings (SSSR count). The van der Waals surface area contributed by atoms with Gasteiger partial charge in [0.15, 0.2) is 5.69 Å². The summed E-state index contributed by atoms with van der Waals surface area (Å²) in [7, 11) is 0. The fraction of sp³-hybridized carbons (Fsp3) is 0.0400. The summed E-state index contributed by atoms with van der Waals surface area (Å²) in [6.07, 6.45) is 0. The number of rotatable bonds is 6. The monoisotopic (exact) mass is 482 g/mol. The average Bonchev–Trinajstić information content (AvgIpc) is 3.49. The number of aromatic amines is 1. The third-order valence-electron chi connectivity index (χ3n) is 5.29. The molecule has 0 radical (unpaired) electrons. The van der Waals surface area contributed by atoms with Crippen LogP contribution in [0.15, 0.2) is 99.3 Å². The molecule has 0 spiro atoms. The molecule has 0 aliphatic carbocycles. The zero-order valence-electron chi connectivity index (χ0n) is 18.5.